The zero-order valence-corrected chi connectivity index (χ0v) is 12.3. The van der Waals surface area contributed by atoms with E-state index >= 15 is 0 Å². The van der Waals surface area contributed by atoms with Crippen molar-refractivity contribution in [3.63, 3.8) is 0 Å². The van der Waals surface area contributed by atoms with E-state index in [1.54, 1.807) is 12.1 Å². The van der Waals surface area contributed by atoms with Gasteiger partial charge < -0.3 is 16.4 Å². The van der Waals surface area contributed by atoms with E-state index in [9.17, 15) is 13.6 Å². The largest absolute Gasteiger partial charge is 0.397 e. The second-order valence-corrected chi connectivity index (χ2v) is 5.49. The van der Waals surface area contributed by atoms with Gasteiger partial charge in [0.05, 0.1) is 11.7 Å². The molecule has 5 nitrogen and oxygen atoms in total. The fraction of sp³-hybridized carbons (Fsp3) is 0.250. The average molecular weight is 318 g/mol. The zero-order chi connectivity index (χ0) is 16.6. The van der Waals surface area contributed by atoms with Crippen LogP contribution in [-0.4, -0.2) is 17.4 Å². The quantitative estimate of drug-likeness (QED) is 0.910. The number of anilines is 2. The smallest absolute Gasteiger partial charge is 0.269 e. The third-order valence-electron chi connectivity index (χ3n) is 4.01. The first-order valence-corrected chi connectivity index (χ1v) is 7.25. The van der Waals surface area contributed by atoms with Crippen molar-refractivity contribution in [2.24, 2.45) is 5.73 Å². The summed E-state index contributed by atoms with van der Waals surface area (Å²) in [6, 6.07) is 6.25. The molecule has 7 heteroatoms. The number of carbonyl (C=O) groups excluding carboxylic acids is 1. The number of primary amides is 1. The third kappa shape index (κ3) is 2.81. The zero-order valence-electron chi connectivity index (χ0n) is 12.3. The van der Waals surface area contributed by atoms with E-state index in [1.807, 2.05) is 4.90 Å². The molecule has 0 bridgehead atoms. The molecule has 1 atom stereocenters. The average Bonchev–Trinajstić information content (AvgIpc) is 2.99. The van der Waals surface area contributed by atoms with E-state index in [2.05, 4.69) is 4.98 Å². The van der Waals surface area contributed by atoms with Crippen LogP contribution >= 0.6 is 0 Å². The van der Waals surface area contributed by atoms with Crippen molar-refractivity contribution >= 4 is 17.4 Å². The van der Waals surface area contributed by atoms with Crippen LogP contribution in [-0.2, 0) is 0 Å². The molecule has 3 rings (SSSR count). The van der Waals surface area contributed by atoms with Gasteiger partial charge in [-0.05, 0) is 43.2 Å². The number of nitrogens with two attached hydrogens (primary N) is 2. The Balaban J connectivity index is 2.01. The number of benzene rings is 1. The Morgan fingerprint density at radius 3 is 2.78 bits per heavy atom. The lowest BCUT2D eigenvalue weighted by atomic mass is 10.0. The van der Waals surface area contributed by atoms with Crippen molar-refractivity contribution in [2.45, 2.75) is 18.9 Å². The fourth-order valence-electron chi connectivity index (χ4n) is 2.95. The highest BCUT2D eigenvalue weighted by atomic mass is 19.1. The molecule has 1 aromatic heterocycles. The minimum absolute atomic E-state index is 0.0205. The van der Waals surface area contributed by atoms with Crippen LogP contribution in [0.1, 0.15) is 34.9 Å². The van der Waals surface area contributed by atoms with Crippen LogP contribution in [0, 0.1) is 11.6 Å². The van der Waals surface area contributed by atoms with Crippen molar-refractivity contribution in [3.05, 3.63) is 53.2 Å². The Kier molecular flexibility index (Phi) is 3.85. The van der Waals surface area contributed by atoms with Gasteiger partial charge in [-0.2, -0.15) is 0 Å². The molecule has 1 saturated heterocycles. The van der Waals surface area contributed by atoms with Gasteiger partial charge in [0, 0.05) is 12.1 Å². The maximum absolute atomic E-state index is 14.1. The number of carbonyl (C=O) groups is 1. The molecule has 1 amide bonds. The maximum atomic E-state index is 14.1. The molecular formula is C16H16F2N4O. The van der Waals surface area contributed by atoms with E-state index in [1.165, 1.54) is 6.07 Å². The molecule has 1 aliphatic rings. The highest BCUT2D eigenvalue weighted by Gasteiger charge is 2.30. The summed E-state index contributed by atoms with van der Waals surface area (Å²) in [5.41, 5.74) is 11.4. The lowest BCUT2D eigenvalue weighted by Crippen LogP contribution is -2.26. The first kappa shape index (κ1) is 15.2. The van der Waals surface area contributed by atoms with Crippen molar-refractivity contribution in [2.75, 3.05) is 17.2 Å². The van der Waals surface area contributed by atoms with E-state index in [0.29, 0.717) is 18.8 Å². The molecule has 2 aromatic rings. The fourth-order valence-corrected chi connectivity index (χ4v) is 2.95. The summed E-state index contributed by atoms with van der Waals surface area (Å²) in [5.74, 6) is -1.21. The molecule has 0 aliphatic carbocycles. The first-order valence-electron chi connectivity index (χ1n) is 7.25. The Bertz CT molecular complexity index is 766. The number of amides is 1. The van der Waals surface area contributed by atoms with Gasteiger partial charge in [-0.1, -0.05) is 0 Å². The number of aromatic nitrogens is 1. The molecule has 0 spiro atoms. The Morgan fingerprint density at radius 1 is 1.26 bits per heavy atom. The van der Waals surface area contributed by atoms with E-state index in [0.717, 1.165) is 18.6 Å². The highest BCUT2D eigenvalue weighted by Crippen LogP contribution is 2.37. The summed E-state index contributed by atoms with van der Waals surface area (Å²) < 4.78 is 27.5. The summed E-state index contributed by atoms with van der Waals surface area (Å²) in [4.78, 5) is 17.4. The van der Waals surface area contributed by atoms with Crippen molar-refractivity contribution in [1.29, 1.82) is 0 Å². The predicted molar refractivity (Wildman–Crippen MR) is 82.8 cm³/mol. The van der Waals surface area contributed by atoms with Crippen LogP contribution in [0.4, 0.5) is 20.3 Å². The highest BCUT2D eigenvalue weighted by molar-refractivity contribution is 5.96. The van der Waals surface area contributed by atoms with Crippen LogP contribution in [0.25, 0.3) is 0 Å². The molecule has 23 heavy (non-hydrogen) atoms. The summed E-state index contributed by atoms with van der Waals surface area (Å²) in [7, 11) is 0. The van der Waals surface area contributed by atoms with Crippen LogP contribution in [0.15, 0.2) is 30.3 Å². The number of hydrogen-bond donors (Lipinski definition) is 2. The van der Waals surface area contributed by atoms with Gasteiger partial charge in [0.2, 0.25) is 0 Å². The molecule has 1 aliphatic heterocycles. The van der Waals surface area contributed by atoms with Crippen LogP contribution in [0.5, 0.6) is 0 Å². The molecule has 0 radical (unpaired) electrons. The lowest BCUT2D eigenvalue weighted by Gasteiger charge is -2.27. The normalized spacial score (nSPS) is 17.5. The summed E-state index contributed by atoms with van der Waals surface area (Å²) in [5, 5.41) is 0. The lowest BCUT2D eigenvalue weighted by molar-refractivity contribution is 0.0996. The second-order valence-electron chi connectivity index (χ2n) is 5.49. The molecular weight excluding hydrogens is 302 g/mol. The van der Waals surface area contributed by atoms with Gasteiger partial charge in [-0.15, -0.1) is 0 Å². The maximum Gasteiger partial charge on any atom is 0.269 e. The van der Waals surface area contributed by atoms with Crippen LogP contribution in [0.2, 0.25) is 0 Å². The monoisotopic (exact) mass is 318 g/mol. The van der Waals surface area contributed by atoms with Gasteiger partial charge in [0.1, 0.15) is 17.5 Å². The SMILES string of the molecule is NC(=O)c1nc(N2CCC[C@@H]2c2cc(F)ccc2F)ccc1N. The topological polar surface area (TPSA) is 85.2 Å². The number of pyridine rings is 1. The van der Waals surface area contributed by atoms with Crippen molar-refractivity contribution < 1.29 is 13.6 Å². The first-order chi connectivity index (χ1) is 11.0. The number of nitrogen functional groups attached to an aromatic ring is 1. The van der Waals surface area contributed by atoms with Crippen molar-refractivity contribution in [1.82, 2.24) is 4.98 Å². The van der Waals surface area contributed by atoms with Gasteiger partial charge >= 0.3 is 0 Å². The number of nitrogens with zero attached hydrogens (tertiary/aromatic N) is 2. The second kappa shape index (κ2) is 5.83. The molecule has 2 heterocycles. The molecule has 1 aromatic carbocycles. The van der Waals surface area contributed by atoms with Gasteiger partial charge in [-0.25, -0.2) is 13.8 Å². The molecule has 0 unspecified atom stereocenters. The third-order valence-corrected chi connectivity index (χ3v) is 4.01. The predicted octanol–water partition coefficient (Wildman–Crippen LogP) is 2.38. The Labute approximate surface area is 131 Å². The van der Waals surface area contributed by atoms with E-state index < -0.39 is 17.5 Å². The number of rotatable bonds is 3. The van der Waals surface area contributed by atoms with Gasteiger partial charge in [0.15, 0.2) is 5.69 Å². The summed E-state index contributed by atoms with van der Waals surface area (Å²) >= 11 is 0. The molecule has 120 valence electrons. The molecule has 0 saturated carbocycles. The minimum atomic E-state index is -0.725. The Morgan fingerprint density at radius 2 is 2.04 bits per heavy atom. The molecule has 1 fully saturated rings. The molecule has 4 N–H and O–H groups in total. The van der Waals surface area contributed by atoms with Gasteiger partial charge in [0.25, 0.3) is 5.91 Å². The van der Waals surface area contributed by atoms with Crippen molar-refractivity contribution in [3.8, 4) is 0 Å². The van der Waals surface area contributed by atoms with E-state index in [4.69, 9.17) is 11.5 Å². The van der Waals surface area contributed by atoms with Gasteiger partial charge in [-0.3, -0.25) is 4.79 Å². The number of hydrogen-bond acceptors (Lipinski definition) is 4. The number of halogens is 2. The van der Waals surface area contributed by atoms with Crippen LogP contribution in [0.3, 0.4) is 0 Å². The van der Waals surface area contributed by atoms with E-state index in [-0.39, 0.29) is 23.0 Å². The van der Waals surface area contributed by atoms with Crippen LogP contribution < -0.4 is 16.4 Å². The summed E-state index contributed by atoms with van der Waals surface area (Å²) in [6.45, 7) is 0.621. The minimum Gasteiger partial charge on any atom is -0.397 e. The summed E-state index contributed by atoms with van der Waals surface area (Å²) in [6.07, 6.45) is 1.47. The standard InChI is InChI=1S/C16H16F2N4O/c17-9-3-4-11(18)10(8-9)13-2-1-7-22(13)14-6-5-12(19)15(21-14)16(20)23/h3-6,8,13H,1-2,7,19H2,(H2,20,23)/t13-/m1/s1. The Hall–Kier alpha value is -2.70.